The zero-order valence-corrected chi connectivity index (χ0v) is 12.1. The number of carbonyl (C=O) groups is 1. The molecule has 1 amide bonds. The van der Waals surface area contributed by atoms with E-state index < -0.39 is 0 Å². The number of hydrogen-bond acceptors (Lipinski definition) is 4. The van der Waals surface area contributed by atoms with Crippen LogP contribution in [0, 0.1) is 6.92 Å². The van der Waals surface area contributed by atoms with Crippen molar-refractivity contribution in [3.63, 3.8) is 0 Å². The number of aromatic nitrogens is 3. The van der Waals surface area contributed by atoms with Gasteiger partial charge in [-0.3, -0.25) is 9.36 Å². The maximum atomic E-state index is 12.1. The van der Waals surface area contributed by atoms with E-state index in [4.69, 9.17) is 0 Å². The van der Waals surface area contributed by atoms with E-state index in [9.17, 15) is 4.79 Å². The number of carbonyl (C=O) groups excluding carboxylic acids is 1. The summed E-state index contributed by atoms with van der Waals surface area (Å²) in [6, 6.07) is 3.70. The Labute approximate surface area is 122 Å². The van der Waals surface area contributed by atoms with Crippen LogP contribution in [0.15, 0.2) is 41.9 Å². The molecule has 108 valence electrons. The average Bonchev–Trinajstić information content (AvgIpc) is 2.84. The first-order valence-corrected chi connectivity index (χ1v) is 6.82. The maximum absolute atomic E-state index is 12.1. The summed E-state index contributed by atoms with van der Waals surface area (Å²) in [5, 5.41) is 6.00. The van der Waals surface area contributed by atoms with Crippen molar-refractivity contribution >= 4 is 11.6 Å². The molecule has 3 heterocycles. The van der Waals surface area contributed by atoms with E-state index in [2.05, 4.69) is 20.6 Å². The quantitative estimate of drug-likeness (QED) is 0.836. The Morgan fingerprint density at radius 3 is 2.67 bits per heavy atom. The summed E-state index contributed by atoms with van der Waals surface area (Å²) in [7, 11) is 0. The first kappa shape index (κ1) is 13.5. The van der Waals surface area contributed by atoms with Gasteiger partial charge >= 0.3 is 0 Å². The van der Waals surface area contributed by atoms with Gasteiger partial charge in [0.1, 0.15) is 11.6 Å². The zero-order valence-electron chi connectivity index (χ0n) is 12.1. The second-order valence-corrected chi connectivity index (χ2v) is 5.04. The van der Waals surface area contributed by atoms with Gasteiger partial charge in [-0.15, -0.1) is 0 Å². The van der Waals surface area contributed by atoms with E-state index in [-0.39, 0.29) is 5.91 Å². The first-order valence-electron chi connectivity index (χ1n) is 6.82. The van der Waals surface area contributed by atoms with Gasteiger partial charge in [-0.1, -0.05) is 0 Å². The van der Waals surface area contributed by atoms with E-state index in [0.29, 0.717) is 5.69 Å². The molecule has 0 spiro atoms. The van der Waals surface area contributed by atoms with Gasteiger partial charge < -0.3 is 10.6 Å². The van der Waals surface area contributed by atoms with Crippen molar-refractivity contribution in [2.45, 2.75) is 13.8 Å². The van der Waals surface area contributed by atoms with Crippen LogP contribution < -0.4 is 10.6 Å². The number of nitrogens with one attached hydrogen (secondary N) is 2. The molecule has 6 heteroatoms. The van der Waals surface area contributed by atoms with Gasteiger partial charge in [-0.05, 0) is 31.6 Å². The molecule has 21 heavy (non-hydrogen) atoms. The fourth-order valence-corrected chi connectivity index (χ4v) is 2.12. The van der Waals surface area contributed by atoms with Gasteiger partial charge in [0.15, 0.2) is 0 Å². The lowest BCUT2D eigenvalue weighted by Crippen LogP contribution is -2.36. The van der Waals surface area contributed by atoms with Crippen molar-refractivity contribution in [2.24, 2.45) is 0 Å². The molecule has 0 saturated carbocycles. The Bertz CT molecular complexity index is 693. The van der Waals surface area contributed by atoms with Crippen molar-refractivity contribution in [2.75, 3.05) is 18.4 Å². The van der Waals surface area contributed by atoms with E-state index in [0.717, 1.165) is 35.9 Å². The van der Waals surface area contributed by atoms with Crippen LogP contribution in [0.1, 0.15) is 12.7 Å². The summed E-state index contributed by atoms with van der Waals surface area (Å²) >= 11 is 0. The fraction of sp³-hybridized carbons (Fsp3) is 0.267. The van der Waals surface area contributed by atoms with Crippen molar-refractivity contribution in [1.82, 2.24) is 19.9 Å². The molecule has 0 atom stereocenters. The number of rotatable bonds is 3. The summed E-state index contributed by atoms with van der Waals surface area (Å²) in [4.78, 5) is 20.6. The molecule has 6 nitrogen and oxygen atoms in total. The zero-order chi connectivity index (χ0) is 14.8. The number of hydrogen-bond donors (Lipinski definition) is 2. The molecular formula is C15H17N5O. The van der Waals surface area contributed by atoms with E-state index in [1.165, 1.54) is 0 Å². The molecule has 1 aliphatic heterocycles. The molecule has 3 rings (SSSR count). The van der Waals surface area contributed by atoms with Crippen LogP contribution in [-0.4, -0.2) is 33.5 Å². The highest BCUT2D eigenvalue weighted by Gasteiger charge is 2.16. The largest absolute Gasteiger partial charge is 0.321 e. The number of pyridine rings is 1. The molecule has 0 aromatic carbocycles. The summed E-state index contributed by atoms with van der Waals surface area (Å²) < 4.78 is 1.89. The smallest absolute Gasteiger partial charge is 0.251 e. The molecule has 1 aliphatic rings. The van der Waals surface area contributed by atoms with E-state index in [1.54, 1.807) is 12.4 Å². The van der Waals surface area contributed by atoms with Crippen LogP contribution in [0.4, 0.5) is 5.69 Å². The van der Waals surface area contributed by atoms with Gasteiger partial charge in [0.2, 0.25) is 0 Å². The van der Waals surface area contributed by atoms with Crippen molar-refractivity contribution in [3.8, 4) is 5.82 Å². The van der Waals surface area contributed by atoms with Crippen LogP contribution in [0.25, 0.3) is 5.82 Å². The Morgan fingerprint density at radius 1 is 1.33 bits per heavy atom. The monoisotopic (exact) mass is 283 g/mol. The molecule has 0 radical (unpaired) electrons. The summed E-state index contributed by atoms with van der Waals surface area (Å²) in [5.41, 5.74) is 2.63. The average molecular weight is 283 g/mol. The molecule has 1 fully saturated rings. The number of anilines is 1. The molecular weight excluding hydrogens is 266 g/mol. The van der Waals surface area contributed by atoms with Gasteiger partial charge in [-0.2, -0.15) is 0 Å². The Hall–Kier alpha value is -2.47. The third-order valence-electron chi connectivity index (χ3n) is 3.63. The Kier molecular flexibility index (Phi) is 3.53. The van der Waals surface area contributed by atoms with E-state index >= 15 is 0 Å². The lowest BCUT2D eigenvalue weighted by Gasteiger charge is -2.21. The molecule has 0 bridgehead atoms. The predicted molar refractivity (Wildman–Crippen MR) is 80.3 cm³/mol. The third-order valence-corrected chi connectivity index (χ3v) is 3.63. The van der Waals surface area contributed by atoms with Gasteiger partial charge in [0.25, 0.3) is 5.91 Å². The highest BCUT2D eigenvalue weighted by molar-refractivity contribution is 6.04. The maximum Gasteiger partial charge on any atom is 0.251 e. The van der Waals surface area contributed by atoms with Crippen LogP contribution in [0.3, 0.4) is 0 Å². The first-order chi connectivity index (χ1) is 10.1. The van der Waals surface area contributed by atoms with Crippen LogP contribution in [0.2, 0.25) is 0 Å². The van der Waals surface area contributed by atoms with Crippen LogP contribution in [0.5, 0.6) is 0 Å². The summed E-state index contributed by atoms with van der Waals surface area (Å²) in [5.74, 6) is 1.58. The predicted octanol–water partition coefficient (Wildman–Crippen LogP) is 1.43. The number of imidazole rings is 1. The molecule has 0 aliphatic carbocycles. The number of nitrogens with zero attached hydrogens (tertiary/aromatic N) is 3. The van der Waals surface area contributed by atoms with Gasteiger partial charge in [0.05, 0.1) is 11.9 Å². The van der Waals surface area contributed by atoms with Crippen molar-refractivity contribution in [3.05, 3.63) is 47.7 Å². The normalized spacial score (nSPS) is 13.7. The molecule has 2 aromatic heterocycles. The van der Waals surface area contributed by atoms with Gasteiger partial charge in [-0.25, -0.2) is 9.97 Å². The summed E-state index contributed by atoms with van der Waals surface area (Å²) in [6.07, 6.45) is 5.24. The highest BCUT2D eigenvalue weighted by Crippen LogP contribution is 2.14. The van der Waals surface area contributed by atoms with Crippen molar-refractivity contribution < 1.29 is 4.79 Å². The van der Waals surface area contributed by atoms with Crippen molar-refractivity contribution in [1.29, 1.82) is 0 Å². The second kappa shape index (κ2) is 5.49. The third kappa shape index (κ3) is 2.71. The number of aryl methyl sites for hydroxylation is 1. The Balaban J connectivity index is 1.73. The minimum Gasteiger partial charge on any atom is -0.321 e. The van der Waals surface area contributed by atoms with Crippen LogP contribution >= 0.6 is 0 Å². The molecule has 0 unspecified atom stereocenters. The topological polar surface area (TPSA) is 71.8 Å². The summed E-state index contributed by atoms with van der Waals surface area (Å²) in [6.45, 7) is 5.37. The van der Waals surface area contributed by atoms with Gasteiger partial charge in [0, 0.05) is 31.1 Å². The molecule has 2 N–H and O–H groups in total. The Morgan fingerprint density at radius 2 is 2.14 bits per heavy atom. The lowest BCUT2D eigenvalue weighted by atomic mass is 10.0. The molecule has 2 aromatic rings. The molecule has 1 saturated heterocycles. The van der Waals surface area contributed by atoms with Crippen LogP contribution in [-0.2, 0) is 4.79 Å². The van der Waals surface area contributed by atoms with E-state index in [1.807, 2.05) is 36.7 Å². The number of amides is 1. The lowest BCUT2D eigenvalue weighted by molar-refractivity contribution is -0.112. The minimum atomic E-state index is -0.0696. The standard InChI is InChI=1S/C15H17N5O/c1-10(12-7-16-8-12)15(21)19-13-3-4-14(18-9-13)20-6-5-17-11(20)2/h3-6,9,16H,7-8H2,1-2H3,(H,19,21). The highest BCUT2D eigenvalue weighted by atomic mass is 16.1. The SMILES string of the molecule is CC(C(=O)Nc1ccc(-n2ccnc2C)nc1)=C1CNC1. The fourth-order valence-electron chi connectivity index (χ4n) is 2.12. The minimum absolute atomic E-state index is 0.0696. The second-order valence-electron chi connectivity index (χ2n) is 5.04.